The van der Waals surface area contributed by atoms with E-state index >= 15 is 0 Å². The van der Waals surface area contributed by atoms with Crippen LogP contribution in [0.5, 0.6) is 5.75 Å². The molecule has 3 amide bonds. The molecule has 0 bridgehead atoms. The highest BCUT2D eigenvalue weighted by molar-refractivity contribution is 7.99. The van der Waals surface area contributed by atoms with E-state index in [1.807, 2.05) is 24.3 Å². The molecule has 2 aliphatic heterocycles. The number of hydrogen-bond acceptors (Lipinski definition) is 7. The van der Waals surface area contributed by atoms with Crippen molar-refractivity contribution in [1.29, 1.82) is 0 Å². The summed E-state index contributed by atoms with van der Waals surface area (Å²) in [5.74, 6) is 2.14. The van der Waals surface area contributed by atoms with Crippen molar-refractivity contribution >= 4 is 23.7 Å². The number of urea groups is 1. The SMILES string of the molecule is COc1ccc(-c2nnc(SCCCN3C(=O)CNC3=O)n2CC2CCCO2)cc1. The second kappa shape index (κ2) is 9.48. The number of nitrogens with zero attached hydrogens (tertiary/aromatic N) is 4. The lowest BCUT2D eigenvalue weighted by molar-refractivity contribution is -0.124. The maximum Gasteiger partial charge on any atom is 0.324 e. The fourth-order valence-corrected chi connectivity index (χ4v) is 4.44. The minimum atomic E-state index is -0.312. The van der Waals surface area contributed by atoms with E-state index in [9.17, 15) is 9.59 Å². The number of aromatic nitrogens is 3. The molecule has 0 saturated carbocycles. The van der Waals surface area contributed by atoms with Crippen molar-refractivity contribution in [3.8, 4) is 17.1 Å². The molecule has 4 rings (SSSR count). The number of imide groups is 1. The lowest BCUT2D eigenvalue weighted by Gasteiger charge is -2.15. The molecule has 1 aromatic heterocycles. The first-order valence-corrected chi connectivity index (χ1v) is 11.0. The van der Waals surface area contributed by atoms with Crippen LogP contribution in [0.15, 0.2) is 29.4 Å². The van der Waals surface area contributed by atoms with E-state index in [-0.39, 0.29) is 24.6 Å². The Morgan fingerprint density at radius 3 is 2.77 bits per heavy atom. The number of benzene rings is 1. The summed E-state index contributed by atoms with van der Waals surface area (Å²) in [6, 6.07) is 7.45. The predicted molar refractivity (Wildman–Crippen MR) is 111 cm³/mol. The first-order valence-electron chi connectivity index (χ1n) is 10.1. The Balaban J connectivity index is 1.45. The Hall–Kier alpha value is -2.59. The third-order valence-electron chi connectivity index (χ3n) is 5.17. The largest absolute Gasteiger partial charge is 0.497 e. The molecular weight excluding hydrogens is 406 g/mol. The zero-order valence-electron chi connectivity index (χ0n) is 16.9. The summed E-state index contributed by atoms with van der Waals surface area (Å²) >= 11 is 1.58. The molecule has 0 aliphatic carbocycles. The van der Waals surface area contributed by atoms with Crippen LogP contribution in [0.25, 0.3) is 11.4 Å². The fraction of sp³-hybridized carbons (Fsp3) is 0.500. The average Bonchev–Trinajstić information content (AvgIpc) is 3.49. The summed E-state index contributed by atoms with van der Waals surface area (Å²) in [6.07, 6.45) is 2.94. The summed E-state index contributed by atoms with van der Waals surface area (Å²) in [6.45, 7) is 1.98. The number of carbonyl (C=O) groups is 2. The first kappa shape index (κ1) is 20.7. The second-order valence-electron chi connectivity index (χ2n) is 7.19. The molecule has 0 radical (unpaired) electrons. The second-order valence-corrected chi connectivity index (χ2v) is 8.25. The van der Waals surface area contributed by atoms with Gasteiger partial charge < -0.3 is 14.8 Å². The van der Waals surface area contributed by atoms with Crippen LogP contribution in [0.3, 0.4) is 0 Å². The topological polar surface area (TPSA) is 98.6 Å². The van der Waals surface area contributed by atoms with Crippen molar-refractivity contribution in [2.45, 2.75) is 37.1 Å². The van der Waals surface area contributed by atoms with Crippen LogP contribution < -0.4 is 10.1 Å². The smallest absolute Gasteiger partial charge is 0.324 e. The van der Waals surface area contributed by atoms with Gasteiger partial charge in [-0.05, 0) is 43.5 Å². The third kappa shape index (κ3) is 4.59. The van der Waals surface area contributed by atoms with Gasteiger partial charge in [0.25, 0.3) is 0 Å². The number of thioether (sulfide) groups is 1. The van der Waals surface area contributed by atoms with Crippen LogP contribution >= 0.6 is 11.8 Å². The van der Waals surface area contributed by atoms with Crippen LogP contribution in [-0.4, -0.2) is 70.3 Å². The number of methoxy groups -OCH3 is 1. The lowest BCUT2D eigenvalue weighted by Crippen LogP contribution is -2.32. The van der Waals surface area contributed by atoms with Gasteiger partial charge in [-0.15, -0.1) is 10.2 Å². The zero-order chi connectivity index (χ0) is 20.9. The molecule has 1 atom stereocenters. The standard InChI is InChI=1S/C20H25N5O4S/c1-28-15-7-5-14(6-8-15)18-22-23-20(25(18)13-16-4-2-10-29-16)30-11-3-9-24-17(26)12-21-19(24)27/h5-8,16H,2-4,9-13H2,1H3,(H,21,27). The van der Waals surface area contributed by atoms with Crippen LogP contribution in [0.1, 0.15) is 19.3 Å². The normalized spacial score (nSPS) is 18.8. The van der Waals surface area contributed by atoms with Gasteiger partial charge in [0.05, 0.1) is 26.3 Å². The highest BCUT2D eigenvalue weighted by atomic mass is 32.2. The van der Waals surface area contributed by atoms with E-state index in [4.69, 9.17) is 9.47 Å². The number of ether oxygens (including phenoxy) is 2. The maximum atomic E-state index is 11.7. The van der Waals surface area contributed by atoms with E-state index in [0.29, 0.717) is 19.5 Å². The van der Waals surface area contributed by atoms with Crippen molar-refractivity contribution in [3.63, 3.8) is 0 Å². The van der Waals surface area contributed by atoms with Crippen LogP contribution in [-0.2, 0) is 16.1 Å². The molecule has 2 aromatic rings. The summed E-state index contributed by atoms with van der Waals surface area (Å²) in [5.41, 5.74) is 0.965. The molecule has 160 valence electrons. The summed E-state index contributed by atoms with van der Waals surface area (Å²) < 4.78 is 13.2. The average molecular weight is 432 g/mol. The zero-order valence-corrected chi connectivity index (χ0v) is 17.7. The molecule has 0 spiro atoms. The van der Waals surface area contributed by atoms with Gasteiger partial charge in [-0.3, -0.25) is 14.3 Å². The molecule has 1 unspecified atom stereocenters. The fourth-order valence-electron chi connectivity index (χ4n) is 3.57. The molecule has 10 heteroatoms. The van der Waals surface area contributed by atoms with Crippen molar-refractivity contribution in [1.82, 2.24) is 25.0 Å². The Labute approximate surface area is 179 Å². The number of nitrogens with one attached hydrogen (secondary N) is 1. The number of rotatable bonds is 9. The van der Waals surface area contributed by atoms with E-state index in [1.165, 1.54) is 4.90 Å². The van der Waals surface area contributed by atoms with E-state index in [0.717, 1.165) is 47.5 Å². The van der Waals surface area contributed by atoms with Crippen LogP contribution in [0, 0.1) is 0 Å². The minimum Gasteiger partial charge on any atom is -0.497 e. The Morgan fingerprint density at radius 1 is 1.27 bits per heavy atom. The molecule has 9 nitrogen and oxygen atoms in total. The highest BCUT2D eigenvalue weighted by Crippen LogP contribution is 2.28. The van der Waals surface area contributed by atoms with E-state index in [1.54, 1.807) is 18.9 Å². The van der Waals surface area contributed by atoms with Gasteiger partial charge in [0.15, 0.2) is 11.0 Å². The van der Waals surface area contributed by atoms with E-state index in [2.05, 4.69) is 20.1 Å². The van der Waals surface area contributed by atoms with Crippen LogP contribution in [0.2, 0.25) is 0 Å². The summed E-state index contributed by atoms with van der Waals surface area (Å²) in [7, 11) is 1.64. The van der Waals surface area contributed by atoms with Gasteiger partial charge in [0.1, 0.15) is 5.75 Å². The molecule has 3 heterocycles. The third-order valence-corrected chi connectivity index (χ3v) is 6.22. The minimum absolute atomic E-state index is 0.0902. The van der Waals surface area contributed by atoms with Crippen LogP contribution in [0.4, 0.5) is 4.79 Å². The Morgan fingerprint density at radius 2 is 2.10 bits per heavy atom. The molecule has 2 saturated heterocycles. The monoisotopic (exact) mass is 431 g/mol. The van der Waals surface area contributed by atoms with Crippen molar-refractivity contribution in [3.05, 3.63) is 24.3 Å². The molecule has 2 aliphatic rings. The van der Waals surface area contributed by atoms with Gasteiger partial charge in [0, 0.05) is 24.5 Å². The molecule has 1 aromatic carbocycles. The summed E-state index contributed by atoms with van der Waals surface area (Å²) in [4.78, 5) is 24.6. The van der Waals surface area contributed by atoms with Gasteiger partial charge in [0.2, 0.25) is 5.91 Å². The van der Waals surface area contributed by atoms with Gasteiger partial charge in [-0.25, -0.2) is 4.79 Å². The first-order chi connectivity index (χ1) is 14.7. The molecular formula is C20H25N5O4S. The Kier molecular flexibility index (Phi) is 6.53. The number of carbonyl (C=O) groups excluding carboxylic acids is 2. The van der Waals surface area contributed by atoms with Crippen molar-refractivity contribution < 1.29 is 19.1 Å². The quantitative estimate of drug-likeness (QED) is 0.369. The molecule has 30 heavy (non-hydrogen) atoms. The Bertz CT molecular complexity index is 879. The van der Waals surface area contributed by atoms with Gasteiger partial charge >= 0.3 is 6.03 Å². The lowest BCUT2D eigenvalue weighted by atomic mass is 10.2. The molecule has 2 fully saturated rings. The maximum absolute atomic E-state index is 11.7. The highest BCUT2D eigenvalue weighted by Gasteiger charge is 2.27. The van der Waals surface area contributed by atoms with Gasteiger partial charge in [-0.1, -0.05) is 11.8 Å². The number of hydrogen-bond donors (Lipinski definition) is 1. The molecule has 1 N–H and O–H groups in total. The predicted octanol–water partition coefficient (Wildman–Crippen LogP) is 2.17. The number of amides is 3. The van der Waals surface area contributed by atoms with Crippen molar-refractivity contribution in [2.75, 3.05) is 32.6 Å². The van der Waals surface area contributed by atoms with Crippen molar-refractivity contribution in [2.24, 2.45) is 0 Å². The summed E-state index contributed by atoms with van der Waals surface area (Å²) in [5, 5.41) is 12.2. The van der Waals surface area contributed by atoms with Gasteiger partial charge in [-0.2, -0.15) is 0 Å². The van der Waals surface area contributed by atoms with E-state index < -0.39 is 0 Å².